The van der Waals surface area contributed by atoms with E-state index >= 15 is 0 Å². The molecule has 2 aliphatic rings. The largest absolute Gasteiger partial charge is 0.453 e. The van der Waals surface area contributed by atoms with Crippen LogP contribution in [0.4, 0.5) is 4.79 Å². The predicted molar refractivity (Wildman–Crippen MR) is 123 cm³/mol. The van der Waals surface area contributed by atoms with Crippen molar-refractivity contribution in [2.45, 2.75) is 43.2 Å². The number of ether oxygens (including phenoxy) is 1. The van der Waals surface area contributed by atoms with Crippen LogP contribution < -0.4 is 4.72 Å². The van der Waals surface area contributed by atoms with E-state index in [1.54, 1.807) is 23.1 Å². The lowest BCUT2D eigenvalue weighted by atomic mass is 10.0. The van der Waals surface area contributed by atoms with Crippen molar-refractivity contribution in [3.05, 3.63) is 29.8 Å². The van der Waals surface area contributed by atoms with Gasteiger partial charge in [-0.2, -0.15) is 0 Å². The average molecular weight is 489 g/mol. The van der Waals surface area contributed by atoms with E-state index in [1.807, 2.05) is 11.8 Å². The molecule has 11 heteroatoms. The van der Waals surface area contributed by atoms with E-state index in [-0.39, 0.29) is 41.7 Å². The van der Waals surface area contributed by atoms with Crippen LogP contribution in [0.15, 0.2) is 29.2 Å². The van der Waals surface area contributed by atoms with Gasteiger partial charge < -0.3 is 19.4 Å². The number of methoxy groups -OCH3 is 1. The SMILES string of the molecule is CNS(=O)(=O)c1ccccc1CC(=O)N1CCN(C(=O)OC)C(C)C1CN1CCCC1.Cl. The van der Waals surface area contributed by atoms with Crippen LogP contribution in [0.2, 0.25) is 0 Å². The summed E-state index contributed by atoms with van der Waals surface area (Å²) in [6.07, 6.45) is 1.85. The highest BCUT2D eigenvalue weighted by Crippen LogP contribution is 2.23. The molecule has 1 aromatic rings. The molecule has 180 valence electrons. The van der Waals surface area contributed by atoms with E-state index in [0.717, 1.165) is 25.9 Å². The van der Waals surface area contributed by atoms with Gasteiger partial charge in [-0.05, 0) is 51.5 Å². The number of rotatable bonds is 6. The summed E-state index contributed by atoms with van der Waals surface area (Å²) in [4.78, 5) is 31.5. The summed E-state index contributed by atoms with van der Waals surface area (Å²) < 4.78 is 32.0. The molecule has 3 rings (SSSR count). The van der Waals surface area contributed by atoms with Crippen LogP contribution in [0.5, 0.6) is 0 Å². The van der Waals surface area contributed by atoms with Gasteiger partial charge in [0.25, 0.3) is 0 Å². The van der Waals surface area contributed by atoms with Crippen molar-refractivity contribution < 1.29 is 22.7 Å². The number of amides is 2. The number of halogens is 1. The lowest BCUT2D eigenvalue weighted by Crippen LogP contribution is -2.64. The minimum Gasteiger partial charge on any atom is -0.453 e. The number of piperazine rings is 1. The smallest absolute Gasteiger partial charge is 0.409 e. The highest BCUT2D eigenvalue weighted by Gasteiger charge is 2.40. The number of carbonyl (C=O) groups excluding carboxylic acids is 2. The van der Waals surface area contributed by atoms with Crippen molar-refractivity contribution in [3.8, 4) is 0 Å². The Morgan fingerprint density at radius 3 is 2.34 bits per heavy atom. The Kier molecular flexibility index (Phi) is 9.32. The van der Waals surface area contributed by atoms with Gasteiger partial charge in [0.05, 0.1) is 30.5 Å². The Bertz CT molecular complexity index is 907. The van der Waals surface area contributed by atoms with Crippen LogP contribution in [-0.4, -0.2) is 94.1 Å². The summed E-state index contributed by atoms with van der Waals surface area (Å²) >= 11 is 0. The topological polar surface area (TPSA) is 99.3 Å². The second-order valence-corrected chi connectivity index (χ2v) is 9.91. The highest BCUT2D eigenvalue weighted by molar-refractivity contribution is 7.89. The first-order valence-corrected chi connectivity index (χ1v) is 12.1. The lowest BCUT2D eigenvalue weighted by Gasteiger charge is -2.47. The maximum Gasteiger partial charge on any atom is 0.409 e. The van der Waals surface area contributed by atoms with Crippen LogP contribution >= 0.6 is 12.4 Å². The monoisotopic (exact) mass is 488 g/mol. The number of likely N-dealkylation sites (tertiary alicyclic amines) is 1. The molecule has 2 unspecified atom stereocenters. The molecule has 0 aliphatic carbocycles. The molecule has 2 heterocycles. The molecule has 0 spiro atoms. The molecule has 2 amide bonds. The third-order valence-electron chi connectivity index (χ3n) is 6.28. The summed E-state index contributed by atoms with van der Waals surface area (Å²) in [5.41, 5.74) is 0.463. The number of carbonyl (C=O) groups is 2. The Labute approximate surface area is 196 Å². The first-order valence-electron chi connectivity index (χ1n) is 10.7. The zero-order valence-corrected chi connectivity index (χ0v) is 20.5. The number of hydrogen-bond acceptors (Lipinski definition) is 6. The van der Waals surface area contributed by atoms with E-state index in [4.69, 9.17) is 4.74 Å². The van der Waals surface area contributed by atoms with Crippen LogP contribution in [0, 0.1) is 0 Å². The molecular formula is C21H33ClN4O5S. The van der Waals surface area contributed by atoms with Gasteiger partial charge in [0, 0.05) is 19.6 Å². The summed E-state index contributed by atoms with van der Waals surface area (Å²) in [5, 5.41) is 0. The average Bonchev–Trinajstić information content (AvgIpc) is 3.28. The summed E-state index contributed by atoms with van der Waals surface area (Å²) in [6, 6.07) is 6.16. The van der Waals surface area contributed by atoms with Crippen LogP contribution in [-0.2, 0) is 26.0 Å². The molecule has 0 radical (unpaired) electrons. The molecular weight excluding hydrogens is 456 g/mol. The maximum absolute atomic E-state index is 13.4. The number of benzene rings is 1. The third-order valence-corrected chi connectivity index (χ3v) is 7.79. The Balaban J connectivity index is 0.00000363. The van der Waals surface area contributed by atoms with Gasteiger partial charge in [0.15, 0.2) is 0 Å². The van der Waals surface area contributed by atoms with Crippen molar-refractivity contribution in [2.24, 2.45) is 0 Å². The second kappa shape index (κ2) is 11.3. The second-order valence-electron chi connectivity index (χ2n) is 8.06. The fourth-order valence-electron chi connectivity index (χ4n) is 4.50. The summed E-state index contributed by atoms with van der Waals surface area (Å²) in [7, 11) is -0.953. The molecule has 0 aromatic heterocycles. The van der Waals surface area contributed by atoms with Crippen molar-refractivity contribution >= 4 is 34.4 Å². The van der Waals surface area contributed by atoms with Gasteiger partial charge in [0.2, 0.25) is 15.9 Å². The molecule has 32 heavy (non-hydrogen) atoms. The Morgan fingerprint density at radius 1 is 1.09 bits per heavy atom. The van der Waals surface area contributed by atoms with E-state index in [0.29, 0.717) is 25.2 Å². The molecule has 0 saturated carbocycles. The molecule has 2 fully saturated rings. The zero-order chi connectivity index (χ0) is 22.6. The predicted octanol–water partition coefficient (Wildman–Crippen LogP) is 1.32. The lowest BCUT2D eigenvalue weighted by molar-refractivity contribution is -0.137. The van der Waals surface area contributed by atoms with E-state index in [2.05, 4.69) is 9.62 Å². The van der Waals surface area contributed by atoms with Crippen molar-refractivity contribution in [1.29, 1.82) is 0 Å². The van der Waals surface area contributed by atoms with Gasteiger partial charge in [-0.25, -0.2) is 17.9 Å². The van der Waals surface area contributed by atoms with E-state index < -0.39 is 16.1 Å². The van der Waals surface area contributed by atoms with Gasteiger partial charge in [-0.1, -0.05) is 18.2 Å². The molecule has 2 atom stereocenters. The first-order chi connectivity index (χ1) is 14.8. The molecule has 2 saturated heterocycles. The maximum atomic E-state index is 13.4. The van der Waals surface area contributed by atoms with Crippen LogP contribution in [0.25, 0.3) is 0 Å². The van der Waals surface area contributed by atoms with Crippen molar-refractivity contribution in [1.82, 2.24) is 19.4 Å². The van der Waals surface area contributed by atoms with Crippen LogP contribution in [0.3, 0.4) is 0 Å². The standard InChI is InChI=1S/C21H32N4O5S.ClH/c1-16-18(15-23-10-6-7-11-23)25(13-12-24(16)21(27)30-3)20(26)14-17-8-4-5-9-19(17)31(28,29)22-2;/h4-5,8-9,16,18,22H,6-7,10-15H2,1-3H3;1H. The minimum absolute atomic E-state index is 0. The zero-order valence-electron chi connectivity index (χ0n) is 18.8. The molecule has 9 nitrogen and oxygen atoms in total. The van der Waals surface area contributed by atoms with Crippen molar-refractivity contribution in [2.75, 3.05) is 46.9 Å². The van der Waals surface area contributed by atoms with Gasteiger partial charge in [0.1, 0.15) is 0 Å². The third kappa shape index (κ3) is 5.72. The molecule has 2 aliphatic heterocycles. The number of hydrogen-bond donors (Lipinski definition) is 1. The Hall–Kier alpha value is -1.88. The quantitative estimate of drug-likeness (QED) is 0.648. The number of nitrogens with zero attached hydrogens (tertiary/aromatic N) is 3. The highest BCUT2D eigenvalue weighted by atomic mass is 35.5. The Morgan fingerprint density at radius 2 is 1.72 bits per heavy atom. The molecule has 1 aromatic carbocycles. The normalized spacial score (nSPS) is 21.8. The first kappa shape index (κ1) is 26.4. The molecule has 1 N–H and O–H groups in total. The van der Waals surface area contributed by atoms with Gasteiger partial charge >= 0.3 is 6.09 Å². The van der Waals surface area contributed by atoms with E-state index in [1.165, 1.54) is 20.2 Å². The van der Waals surface area contributed by atoms with Crippen molar-refractivity contribution in [3.63, 3.8) is 0 Å². The minimum atomic E-state index is -3.67. The van der Waals surface area contributed by atoms with Gasteiger partial charge in [-0.3, -0.25) is 4.79 Å². The molecule has 0 bridgehead atoms. The fourth-order valence-corrected chi connectivity index (χ4v) is 5.47. The van der Waals surface area contributed by atoms with Gasteiger partial charge in [-0.15, -0.1) is 12.4 Å². The summed E-state index contributed by atoms with van der Waals surface area (Å²) in [5.74, 6) is -0.140. The number of sulfonamides is 1. The fraction of sp³-hybridized carbons (Fsp3) is 0.619. The van der Waals surface area contributed by atoms with Crippen LogP contribution in [0.1, 0.15) is 25.3 Å². The number of nitrogens with one attached hydrogen (secondary N) is 1. The van der Waals surface area contributed by atoms with E-state index in [9.17, 15) is 18.0 Å². The summed E-state index contributed by atoms with van der Waals surface area (Å²) in [6.45, 7) is 5.34.